The molecule has 17 heavy (non-hydrogen) atoms. The Bertz CT molecular complexity index is 241. The molecule has 0 amide bonds. The van der Waals surface area contributed by atoms with Crippen LogP contribution in [0.5, 0.6) is 0 Å². The van der Waals surface area contributed by atoms with E-state index in [4.69, 9.17) is 4.74 Å². The molecule has 1 heterocycles. The molecule has 1 N–H and O–H groups in total. The number of hydrogen-bond acceptors (Lipinski definition) is 3. The first-order valence-corrected chi connectivity index (χ1v) is 7.21. The third-order valence-electron chi connectivity index (χ3n) is 4.51. The van der Waals surface area contributed by atoms with E-state index in [0.29, 0.717) is 6.61 Å². The van der Waals surface area contributed by atoms with Crippen molar-refractivity contribution in [2.45, 2.75) is 32.1 Å². The Labute approximate surface area is 104 Å². The van der Waals surface area contributed by atoms with Crippen LogP contribution >= 0.6 is 0 Å². The fourth-order valence-electron chi connectivity index (χ4n) is 2.96. The second-order valence-corrected chi connectivity index (χ2v) is 6.54. The van der Waals surface area contributed by atoms with Crippen molar-refractivity contribution in [1.29, 1.82) is 0 Å². The van der Waals surface area contributed by atoms with Crippen LogP contribution in [0.15, 0.2) is 0 Å². The van der Waals surface area contributed by atoms with Crippen LogP contribution in [0.1, 0.15) is 32.1 Å². The molecule has 3 rings (SSSR count). The molecule has 0 radical (unpaired) electrons. The van der Waals surface area contributed by atoms with E-state index in [1.54, 1.807) is 0 Å². The Balaban J connectivity index is 1.56. The monoisotopic (exact) mass is 239 g/mol. The minimum Gasteiger partial charge on any atom is -0.396 e. The van der Waals surface area contributed by atoms with Gasteiger partial charge in [0.05, 0.1) is 13.2 Å². The van der Waals surface area contributed by atoms with Gasteiger partial charge in [0.25, 0.3) is 0 Å². The van der Waals surface area contributed by atoms with Gasteiger partial charge >= 0.3 is 0 Å². The summed E-state index contributed by atoms with van der Waals surface area (Å²) in [5.74, 6) is 1.90. The van der Waals surface area contributed by atoms with Crippen molar-refractivity contribution < 1.29 is 9.84 Å². The highest BCUT2D eigenvalue weighted by atomic mass is 16.5. The van der Waals surface area contributed by atoms with Gasteiger partial charge in [-0.05, 0) is 43.9 Å². The normalized spacial score (nSPS) is 33.5. The molecule has 2 saturated carbocycles. The van der Waals surface area contributed by atoms with Gasteiger partial charge in [-0.15, -0.1) is 0 Å². The van der Waals surface area contributed by atoms with Gasteiger partial charge in [0, 0.05) is 31.7 Å². The summed E-state index contributed by atoms with van der Waals surface area (Å²) in [6, 6.07) is 0. The number of nitrogens with zero attached hydrogens (tertiary/aromatic N) is 1. The SMILES string of the molecule is OCC1(CN(CC2CC2)CC2CC2)CCOC1. The average Bonchev–Trinajstić information content (AvgIpc) is 3.23. The van der Waals surface area contributed by atoms with Gasteiger partial charge in [-0.25, -0.2) is 0 Å². The first-order valence-electron chi connectivity index (χ1n) is 7.21. The molecule has 3 heteroatoms. The van der Waals surface area contributed by atoms with Crippen LogP contribution < -0.4 is 0 Å². The van der Waals surface area contributed by atoms with Crippen molar-refractivity contribution in [3.63, 3.8) is 0 Å². The van der Waals surface area contributed by atoms with Crippen LogP contribution in [0.3, 0.4) is 0 Å². The van der Waals surface area contributed by atoms with E-state index < -0.39 is 0 Å². The minimum absolute atomic E-state index is 0.0454. The van der Waals surface area contributed by atoms with Gasteiger partial charge in [-0.1, -0.05) is 0 Å². The second kappa shape index (κ2) is 4.87. The lowest BCUT2D eigenvalue weighted by Gasteiger charge is -2.33. The predicted molar refractivity (Wildman–Crippen MR) is 66.8 cm³/mol. The summed E-state index contributed by atoms with van der Waals surface area (Å²) < 4.78 is 5.51. The third kappa shape index (κ3) is 3.21. The summed E-state index contributed by atoms with van der Waals surface area (Å²) in [5.41, 5.74) is 0.0454. The van der Waals surface area contributed by atoms with Gasteiger partial charge in [-0.3, -0.25) is 0 Å². The van der Waals surface area contributed by atoms with Gasteiger partial charge in [-0.2, -0.15) is 0 Å². The molecular weight excluding hydrogens is 214 g/mol. The number of aliphatic hydroxyl groups is 1. The number of hydrogen-bond donors (Lipinski definition) is 1. The highest BCUT2D eigenvalue weighted by Crippen LogP contribution is 2.36. The van der Waals surface area contributed by atoms with Crippen LogP contribution in [0.25, 0.3) is 0 Å². The number of ether oxygens (including phenoxy) is 1. The first kappa shape index (κ1) is 11.9. The molecule has 0 spiro atoms. The lowest BCUT2D eigenvalue weighted by atomic mass is 9.87. The minimum atomic E-state index is 0.0454. The quantitative estimate of drug-likeness (QED) is 0.731. The maximum Gasteiger partial charge on any atom is 0.0557 e. The van der Waals surface area contributed by atoms with Crippen LogP contribution in [-0.4, -0.2) is 49.5 Å². The number of rotatable bonds is 7. The van der Waals surface area contributed by atoms with Crippen LogP contribution in [0, 0.1) is 17.3 Å². The Morgan fingerprint density at radius 2 is 1.76 bits per heavy atom. The summed E-state index contributed by atoms with van der Waals surface area (Å²) in [6.07, 6.45) is 6.72. The van der Waals surface area contributed by atoms with Gasteiger partial charge in [0.15, 0.2) is 0 Å². The Morgan fingerprint density at radius 3 is 2.18 bits per heavy atom. The summed E-state index contributed by atoms with van der Waals surface area (Å²) in [5, 5.41) is 9.66. The van der Waals surface area contributed by atoms with Crippen molar-refractivity contribution in [2.24, 2.45) is 17.3 Å². The zero-order valence-corrected chi connectivity index (χ0v) is 10.7. The Kier molecular flexibility index (Phi) is 3.42. The smallest absolute Gasteiger partial charge is 0.0557 e. The fourth-order valence-corrected chi connectivity index (χ4v) is 2.96. The predicted octanol–water partition coefficient (Wildman–Crippen LogP) is 1.51. The van der Waals surface area contributed by atoms with E-state index >= 15 is 0 Å². The molecular formula is C14H25NO2. The summed E-state index contributed by atoms with van der Waals surface area (Å²) in [7, 11) is 0. The summed E-state index contributed by atoms with van der Waals surface area (Å²) >= 11 is 0. The maximum atomic E-state index is 9.66. The van der Waals surface area contributed by atoms with Gasteiger partial charge in [0.1, 0.15) is 0 Å². The lowest BCUT2D eigenvalue weighted by Crippen LogP contribution is -2.42. The van der Waals surface area contributed by atoms with E-state index in [0.717, 1.165) is 38.0 Å². The van der Waals surface area contributed by atoms with E-state index in [-0.39, 0.29) is 5.41 Å². The van der Waals surface area contributed by atoms with Crippen molar-refractivity contribution in [1.82, 2.24) is 4.90 Å². The average molecular weight is 239 g/mol. The maximum absolute atomic E-state index is 9.66. The van der Waals surface area contributed by atoms with Crippen LogP contribution in [0.2, 0.25) is 0 Å². The molecule has 1 unspecified atom stereocenters. The molecule has 0 aromatic heterocycles. The zero-order chi connectivity index (χ0) is 11.7. The second-order valence-electron chi connectivity index (χ2n) is 6.54. The molecule has 3 aliphatic rings. The van der Waals surface area contributed by atoms with Crippen molar-refractivity contribution in [2.75, 3.05) is 39.5 Å². The lowest BCUT2D eigenvalue weighted by molar-refractivity contribution is 0.0535. The molecule has 1 saturated heterocycles. The van der Waals surface area contributed by atoms with Crippen molar-refractivity contribution in [3.8, 4) is 0 Å². The molecule has 1 aliphatic heterocycles. The van der Waals surface area contributed by atoms with Gasteiger partial charge in [0.2, 0.25) is 0 Å². The molecule has 3 fully saturated rings. The molecule has 2 aliphatic carbocycles. The summed E-state index contributed by atoms with van der Waals surface area (Å²) in [4.78, 5) is 2.63. The Hall–Kier alpha value is -0.120. The number of aliphatic hydroxyl groups excluding tert-OH is 1. The fraction of sp³-hybridized carbons (Fsp3) is 1.00. The third-order valence-corrected chi connectivity index (χ3v) is 4.51. The molecule has 0 aromatic carbocycles. The highest BCUT2D eigenvalue weighted by molar-refractivity contribution is 4.90. The molecule has 1 atom stereocenters. The standard InChI is InChI=1S/C14H25NO2/c16-10-14(5-6-17-11-14)9-15(7-12-1-2-12)8-13-3-4-13/h12-13,16H,1-11H2. The summed E-state index contributed by atoms with van der Waals surface area (Å²) in [6.45, 7) is 5.46. The molecule has 98 valence electrons. The molecule has 0 aromatic rings. The van der Waals surface area contributed by atoms with Crippen molar-refractivity contribution in [3.05, 3.63) is 0 Å². The molecule has 0 bridgehead atoms. The van der Waals surface area contributed by atoms with E-state index in [2.05, 4.69) is 4.90 Å². The topological polar surface area (TPSA) is 32.7 Å². The molecule has 3 nitrogen and oxygen atoms in total. The highest BCUT2D eigenvalue weighted by Gasteiger charge is 2.38. The van der Waals surface area contributed by atoms with E-state index in [9.17, 15) is 5.11 Å². The Morgan fingerprint density at radius 1 is 1.12 bits per heavy atom. The zero-order valence-electron chi connectivity index (χ0n) is 10.7. The van der Waals surface area contributed by atoms with Crippen LogP contribution in [-0.2, 0) is 4.74 Å². The van der Waals surface area contributed by atoms with E-state index in [1.165, 1.54) is 38.8 Å². The van der Waals surface area contributed by atoms with Crippen LogP contribution in [0.4, 0.5) is 0 Å². The first-order chi connectivity index (χ1) is 8.30. The van der Waals surface area contributed by atoms with E-state index in [1.807, 2.05) is 0 Å². The van der Waals surface area contributed by atoms with Crippen molar-refractivity contribution >= 4 is 0 Å². The van der Waals surface area contributed by atoms with Gasteiger partial charge < -0.3 is 14.7 Å². The largest absolute Gasteiger partial charge is 0.396 e.